The SMILES string of the molecule is CC[C@@]1(OC(=O)CCN2C(=O)C=CC2=O)C(=O)OCc2c1cc1n(c2=O)Cc2cc3ccccc3nc2-1.CC[C@@]1(OC(=O)CCN2C(=O)CC(CS(=P)P)C2=O)C(=O)OCc2c1cc1n(c2=O)Cc2cc3ccccc3nc2-1.PCPS.[2H]CF. The van der Waals surface area contributed by atoms with Gasteiger partial charge in [0.05, 0.1) is 85.3 Å². The molecule has 6 aromatic rings. The number of imide groups is 2. The van der Waals surface area contributed by atoms with E-state index in [4.69, 9.17) is 30.3 Å². The van der Waals surface area contributed by atoms with Crippen LogP contribution < -0.4 is 11.1 Å². The van der Waals surface area contributed by atoms with Crippen molar-refractivity contribution in [3.8, 4) is 22.8 Å². The van der Waals surface area contributed by atoms with Gasteiger partial charge in [0.25, 0.3) is 22.9 Å². The molecule has 1 fully saturated rings. The second-order valence-electron chi connectivity index (χ2n) is 19.9. The van der Waals surface area contributed by atoms with Gasteiger partial charge in [-0.3, -0.25) is 52.5 Å². The van der Waals surface area contributed by atoms with Gasteiger partial charge in [-0.05, 0) is 55.1 Å². The number of benzene rings is 2. The highest BCUT2D eigenvalue weighted by Crippen LogP contribution is 2.43. The van der Waals surface area contributed by atoms with Gasteiger partial charge in [-0.15, -0.1) is 18.9 Å². The number of rotatable bonds is 13. The van der Waals surface area contributed by atoms with E-state index in [1.165, 1.54) is 0 Å². The number of esters is 4. The lowest BCUT2D eigenvalue weighted by Crippen LogP contribution is -2.47. The summed E-state index contributed by atoms with van der Waals surface area (Å²) in [7, 11) is 8.13. The molecule has 1 saturated heterocycles. The number of likely N-dealkylation sites (tertiary alicyclic amines) is 1. The van der Waals surface area contributed by atoms with Crippen LogP contribution in [0.1, 0.15) is 80.7 Å². The second-order valence-corrected chi connectivity index (χ2v) is 28.7. The van der Waals surface area contributed by atoms with Crippen LogP contribution in [0, 0.1) is 5.92 Å². The van der Waals surface area contributed by atoms with Crippen molar-refractivity contribution in [3.05, 3.63) is 139 Å². The Labute approximate surface area is 497 Å². The fraction of sp³-hybridized carbons (Fsp3) is 0.333. The number of hydrogen-bond acceptors (Lipinski definition) is 17. The summed E-state index contributed by atoms with van der Waals surface area (Å²) in [5.74, 6) is -3.65. The van der Waals surface area contributed by atoms with Crippen molar-refractivity contribution in [2.75, 3.05) is 31.9 Å². The van der Waals surface area contributed by atoms with Crippen LogP contribution in [-0.2, 0) is 105 Å². The average Bonchev–Trinajstić information content (AvgIpc) is 2.58. The standard InChI is InChI=1S/C28H27N3O7P2S.C27H21N3O7.CH3F.CH6P2S/c1-2-28(38-23(33)7-8-30-22(32)10-17(25(30)34)14-41(39)40)19-11-21-24-16(9-15-5-3-4-6-20(15)29-24)12-31(21)26(35)18(19)13-37-27(28)36;1-2-27(37-23(33)9-10-29-21(31)7-8-22(29)32)18-12-20-24-16(11-15-5-3-4-6-19(15)28-24)13-30(20)25(34)17(18)14-36-26(27)35;1-2;2-1-3-4/h3-6,9,11,17,39H,2,7-8,10,12-14,40H2,1H3;3-8,11-12H,2,9-10,13-14H2,1H3;1H3;3-4H,1-2H2/t17?,28-,41?;27-;;/m00../s1/i;;1D;. The van der Waals surface area contributed by atoms with E-state index >= 15 is 0 Å². The van der Waals surface area contributed by atoms with Crippen molar-refractivity contribution in [3.63, 3.8) is 0 Å². The topological polar surface area (TPSA) is 250 Å². The summed E-state index contributed by atoms with van der Waals surface area (Å²) >= 11 is 3.93. The molecule has 7 atom stereocenters. The molecule has 0 bridgehead atoms. The van der Waals surface area contributed by atoms with Gasteiger partial charge >= 0.3 is 23.9 Å². The molecule has 20 nitrogen and oxygen atoms in total. The molecule has 84 heavy (non-hydrogen) atoms. The highest BCUT2D eigenvalue weighted by molar-refractivity contribution is 8.50. The lowest BCUT2D eigenvalue weighted by molar-refractivity contribution is -0.189. The number of alkyl halides is 1. The molecule has 6 aliphatic rings. The molecule has 10 heterocycles. The minimum Gasteiger partial charge on any atom is -0.457 e. The zero-order chi connectivity index (χ0) is 61.1. The van der Waals surface area contributed by atoms with E-state index < -0.39 is 60.0 Å². The Morgan fingerprint density at radius 3 is 1.61 bits per heavy atom. The molecule has 0 aliphatic carbocycles. The Morgan fingerprint density at radius 2 is 1.19 bits per heavy atom. The third-order valence-corrected chi connectivity index (χ3v) is 19.3. The molecular formula is C57H57FN6O14P4S2. The van der Waals surface area contributed by atoms with Gasteiger partial charge in [-0.2, -0.15) is 12.2 Å². The maximum atomic E-state index is 13.7. The average molecular weight is 1260 g/mol. The number of ether oxygens (including phenoxy) is 4. The molecule has 4 amide bonds. The molecule has 438 valence electrons. The van der Waals surface area contributed by atoms with Crippen LogP contribution in [0.3, 0.4) is 0 Å². The summed E-state index contributed by atoms with van der Waals surface area (Å²) < 4.78 is 40.9. The predicted octanol–water partition coefficient (Wildman–Crippen LogP) is 6.74. The third kappa shape index (κ3) is 11.6. The van der Waals surface area contributed by atoms with Gasteiger partial charge in [0, 0.05) is 70.4 Å². The van der Waals surface area contributed by atoms with Gasteiger partial charge in [0.15, 0.2) is 0 Å². The molecular weight excluding hydrogens is 1200 g/mol. The van der Waals surface area contributed by atoms with Crippen molar-refractivity contribution in [2.45, 2.75) is 83.5 Å². The number of aromatic nitrogens is 4. The van der Waals surface area contributed by atoms with E-state index in [2.05, 4.69) is 37.9 Å². The van der Waals surface area contributed by atoms with E-state index in [0.717, 1.165) is 68.6 Å². The fourth-order valence-corrected chi connectivity index (χ4v) is 13.0. The smallest absolute Gasteiger partial charge is 0.355 e. The van der Waals surface area contributed by atoms with Crippen LogP contribution in [0.5, 0.6) is 0 Å². The van der Waals surface area contributed by atoms with Gasteiger partial charge in [0.2, 0.25) is 23.0 Å². The Kier molecular flexibility index (Phi) is 18.6. The van der Waals surface area contributed by atoms with Crippen molar-refractivity contribution in [1.29, 1.82) is 0 Å². The van der Waals surface area contributed by atoms with Crippen LogP contribution in [0.15, 0.2) is 94.5 Å². The number of para-hydroxylation sites is 2. The van der Waals surface area contributed by atoms with E-state index in [0.29, 0.717) is 41.6 Å². The first-order chi connectivity index (χ1) is 40.8. The molecule has 2 aromatic carbocycles. The number of nitrogens with zero attached hydrogens (tertiary/aromatic N) is 6. The number of hydrogen-bond donors (Lipinski definition) is 1. The Bertz CT molecular complexity index is 3960. The molecule has 0 saturated carbocycles. The maximum absolute atomic E-state index is 13.7. The van der Waals surface area contributed by atoms with Crippen molar-refractivity contribution in [2.24, 2.45) is 5.92 Å². The monoisotopic (exact) mass is 1260 g/mol. The second kappa shape index (κ2) is 25.9. The first-order valence-corrected chi connectivity index (χ1v) is 33.8. The van der Waals surface area contributed by atoms with Crippen LogP contribution in [0.25, 0.3) is 44.6 Å². The molecule has 0 radical (unpaired) electrons. The summed E-state index contributed by atoms with van der Waals surface area (Å²) in [6.45, 7) is 3.17. The molecule has 0 N–H and O–H groups in total. The Morgan fingerprint density at radius 1 is 0.762 bits per heavy atom. The number of halogens is 1. The summed E-state index contributed by atoms with van der Waals surface area (Å²) in [6.07, 6.45) is 1.78. The first-order valence-electron chi connectivity index (χ1n) is 27.1. The van der Waals surface area contributed by atoms with Crippen LogP contribution in [-0.4, -0.2) is 108 Å². The van der Waals surface area contributed by atoms with Crippen molar-refractivity contribution in [1.82, 2.24) is 28.9 Å². The van der Waals surface area contributed by atoms with E-state index in [1.54, 1.807) is 35.1 Å². The summed E-state index contributed by atoms with van der Waals surface area (Å²) in [6, 6.07) is 22.7. The summed E-state index contributed by atoms with van der Waals surface area (Å²) in [5, 5.41) is 1.90. The number of cyclic esters (lactones) is 2. The van der Waals surface area contributed by atoms with Crippen molar-refractivity contribution >= 4 is 125 Å². The highest BCUT2D eigenvalue weighted by atomic mass is 32.9. The lowest BCUT2D eigenvalue weighted by Gasteiger charge is -2.35. The van der Waals surface area contributed by atoms with E-state index in [-0.39, 0.29) is 113 Å². The fourth-order valence-electron chi connectivity index (χ4n) is 11.0. The molecule has 12 rings (SSSR count). The zero-order valence-electron chi connectivity index (χ0n) is 46.3. The van der Waals surface area contributed by atoms with Crippen LogP contribution in [0.2, 0.25) is 0 Å². The molecule has 6 aliphatic heterocycles. The van der Waals surface area contributed by atoms with Gasteiger partial charge < -0.3 is 28.1 Å². The van der Waals surface area contributed by atoms with Crippen LogP contribution >= 0.6 is 45.7 Å². The number of fused-ring (bicyclic) bond motifs is 10. The Hall–Kier alpha value is -6.72. The van der Waals surface area contributed by atoms with E-state index in [9.17, 15) is 52.3 Å². The number of amides is 4. The number of thiol groups is 1. The molecule has 4 aromatic heterocycles. The summed E-state index contributed by atoms with van der Waals surface area (Å²) in [4.78, 5) is 140. The summed E-state index contributed by atoms with van der Waals surface area (Å²) in [5.41, 5.74) is 2.32. The van der Waals surface area contributed by atoms with Crippen LogP contribution in [0.4, 0.5) is 4.39 Å². The highest BCUT2D eigenvalue weighted by Gasteiger charge is 2.52. The molecule has 27 heteroatoms. The molecule has 0 spiro atoms. The van der Waals surface area contributed by atoms with Gasteiger partial charge in [-0.1, -0.05) is 74.5 Å². The third-order valence-electron chi connectivity index (χ3n) is 15.1. The minimum atomic E-state index is -1.84. The Balaban J connectivity index is 0.000000184. The van der Waals surface area contributed by atoms with Gasteiger partial charge in [-0.25, -0.2) is 19.6 Å². The lowest BCUT2D eigenvalue weighted by atomic mass is 9.85. The first kappa shape index (κ1) is 60.4. The number of carbonyl (C=O) groups is 8. The normalized spacial score (nSPS) is 20.0. The van der Waals surface area contributed by atoms with Crippen molar-refractivity contribution < 1.29 is 63.1 Å². The van der Waals surface area contributed by atoms with E-state index in [1.807, 2.05) is 60.7 Å². The zero-order valence-corrected chi connectivity index (χ0v) is 51.4. The minimum absolute atomic E-state index is 0.0224. The number of carbonyl (C=O) groups excluding carboxylic acids is 8. The van der Waals surface area contributed by atoms with Gasteiger partial charge in [0.1, 0.15) is 13.2 Å². The predicted molar refractivity (Wildman–Crippen MR) is 326 cm³/mol. The quantitative estimate of drug-likeness (QED) is 0.0413. The largest absolute Gasteiger partial charge is 0.457 e. The maximum Gasteiger partial charge on any atom is 0.355 e. The molecule has 5 unspecified atom stereocenters. The number of pyridine rings is 4.